The van der Waals surface area contributed by atoms with Crippen LogP contribution in [0.25, 0.3) is 32.8 Å². The van der Waals surface area contributed by atoms with Gasteiger partial charge in [-0.05, 0) is 65.8 Å². The molecule has 5 heteroatoms. The maximum Gasteiger partial charge on any atom is 3.00 e. The molecule has 219 valence electrons. The first-order valence-corrected chi connectivity index (χ1v) is 18.3. The molecule has 1 fully saturated rings. The molecule has 1 saturated carbocycles. The number of nitrogens with zero attached hydrogens (tertiary/aromatic N) is 1. The van der Waals surface area contributed by atoms with Crippen LogP contribution in [0, 0.1) is 6.92 Å². The van der Waals surface area contributed by atoms with Gasteiger partial charge in [0.15, 0.2) is 0 Å². The summed E-state index contributed by atoms with van der Waals surface area (Å²) in [5.74, 6) is 0.791. The van der Waals surface area contributed by atoms with Crippen molar-refractivity contribution in [3.05, 3.63) is 125 Å². The van der Waals surface area contributed by atoms with E-state index in [0.717, 1.165) is 11.5 Å². The van der Waals surface area contributed by atoms with Gasteiger partial charge in [0.1, 0.15) is 0 Å². The van der Waals surface area contributed by atoms with Crippen molar-refractivity contribution >= 4 is 24.0 Å². The van der Waals surface area contributed by atoms with Crippen molar-refractivity contribution in [3.8, 4) is 16.8 Å². The summed E-state index contributed by atoms with van der Waals surface area (Å²) in [5.41, 5.74) is 12.4. The van der Waals surface area contributed by atoms with E-state index in [2.05, 4.69) is 129 Å². The van der Waals surface area contributed by atoms with E-state index in [1.54, 1.807) is 16.3 Å². The second kappa shape index (κ2) is 13.5. The molecule has 1 radical (unpaired) electrons. The van der Waals surface area contributed by atoms with Crippen LogP contribution in [0.15, 0.2) is 103 Å². The fourth-order valence-corrected chi connectivity index (χ4v) is 12.5. The maximum absolute atomic E-state index is 2.51. The van der Waals surface area contributed by atoms with Crippen LogP contribution in [0.3, 0.4) is 0 Å². The Morgan fingerprint density at radius 3 is 2.16 bits per heavy atom. The quantitative estimate of drug-likeness (QED) is 0.190. The monoisotopic (exact) mass is 698 g/mol. The summed E-state index contributed by atoms with van der Waals surface area (Å²) < 4.78 is 2.38. The predicted octanol–water partition coefficient (Wildman–Crippen LogP) is 4.74. The average molecular weight is 701 g/mol. The van der Waals surface area contributed by atoms with Crippen LogP contribution in [0.4, 0.5) is 0 Å². The molecular weight excluding hydrogens is 661 g/mol. The maximum atomic E-state index is 2.51. The fourth-order valence-electron chi connectivity index (χ4n) is 8.13. The van der Waals surface area contributed by atoms with Crippen LogP contribution in [0.1, 0.15) is 72.9 Å². The molecule has 0 amide bonds. The second-order valence-electron chi connectivity index (χ2n) is 12.8. The first-order chi connectivity index (χ1) is 19.4. The summed E-state index contributed by atoms with van der Waals surface area (Å²) in [6.07, 6.45) is 9.21. The Labute approximate surface area is 290 Å². The molecule has 1 atom stereocenters. The molecule has 4 aliphatic rings. The Morgan fingerprint density at radius 2 is 1.49 bits per heavy atom. The molecule has 0 N–H and O–H groups in total. The molecule has 1 nitrogen and oxygen atoms in total. The van der Waals surface area contributed by atoms with E-state index < -0.39 is 8.07 Å². The summed E-state index contributed by atoms with van der Waals surface area (Å²) in [4.78, 5) is 0. The number of para-hydroxylation sites is 1. The van der Waals surface area contributed by atoms with Crippen LogP contribution >= 0.6 is 0 Å². The van der Waals surface area contributed by atoms with Gasteiger partial charge in [-0.3, -0.25) is 0 Å². The minimum Gasteiger partial charge on any atom is -1.00 e. The van der Waals surface area contributed by atoms with Crippen molar-refractivity contribution in [3.63, 3.8) is 0 Å². The van der Waals surface area contributed by atoms with Gasteiger partial charge in [-0.15, -0.1) is 34.5 Å². The second-order valence-corrected chi connectivity index (χ2v) is 17.4. The Bertz CT molecular complexity index is 1720. The number of aromatic nitrogens is 1. The van der Waals surface area contributed by atoms with E-state index in [1.165, 1.54) is 76.5 Å². The largest absolute Gasteiger partial charge is 3.00 e. The van der Waals surface area contributed by atoms with E-state index in [9.17, 15) is 0 Å². The average Bonchev–Trinajstić information content (AvgIpc) is 3.70. The number of hydrogen-bond donors (Lipinski definition) is 0. The molecule has 2 aliphatic carbocycles. The molecule has 0 saturated heterocycles. The van der Waals surface area contributed by atoms with Crippen LogP contribution in [-0.4, -0.2) is 12.6 Å². The smallest absolute Gasteiger partial charge is 1.00 e. The predicted molar refractivity (Wildman–Crippen MR) is 174 cm³/mol. The third-order valence-electron chi connectivity index (χ3n) is 9.89. The van der Waals surface area contributed by atoms with E-state index in [4.69, 9.17) is 0 Å². The van der Waals surface area contributed by atoms with Crippen molar-refractivity contribution in [2.75, 3.05) is 0 Å². The number of halogens is 2. The first-order valence-electron chi connectivity index (χ1n) is 15.2. The fraction of sp³-hybridized carbons (Fsp3) is 0.289. The van der Waals surface area contributed by atoms with Gasteiger partial charge in [-0.2, -0.15) is 6.07 Å². The minimum atomic E-state index is -1.17. The summed E-state index contributed by atoms with van der Waals surface area (Å²) >= 11 is 0. The van der Waals surface area contributed by atoms with Gasteiger partial charge in [0.25, 0.3) is 0 Å². The topological polar surface area (TPSA) is 4.93 Å². The zero-order valence-electron chi connectivity index (χ0n) is 25.6. The molecule has 0 spiro atoms. The molecule has 5 aromatic rings. The number of allylic oxidation sites excluding steroid dienone is 1. The third-order valence-corrected chi connectivity index (χ3v) is 14.0. The van der Waals surface area contributed by atoms with Crippen molar-refractivity contribution in [2.45, 2.75) is 70.5 Å². The molecular formula is C38H40Cl2NSiZr. The molecule has 2 aliphatic heterocycles. The van der Waals surface area contributed by atoms with Gasteiger partial charge < -0.3 is 29.4 Å². The number of aryl methyl sites for hydroxylation is 1. The van der Waals surface area contributed by atoms with Gasteiger partial charge in [0.05, 0.1) is 8.07 Å². The van der Waals surface area contributed by atoms with Crippen molar-refractivity contribution in [2.24, 2.45) is 0 Å². The van der Waals surface area contributed by atoms with E-state index in [-0.39, 0.29) is 51.0 Å². The molecule has 1 aromatic heterocycles. The van der Waals surface area contributed by atoms with Gasteiger partial charge in [0, 0.05) is 23.1 Å². The normalized spacial score (nSPS) is 17.9. The molecule has 2 bridgehead atoms. The number of benzene rings is 3. The SMILES string of the molecule is CC1=C2c3c(ccn3-c3ccccc3)C1[Si]2(C)C.Cc1cc2c(-c3ccc(C4CCCCC4)cc3)cccc2[cH-]1.[Cl-].[Cl-].[Zr+3]. The van der Waals surface area contributed by atoms with Gasteiger partial charge >= 0.3 is 26.2 Å². The summed E-state index contributed by atoms with van der Waals surface area (Å²) in [5, 5.41) is 4.44. The molecule has 9 rings (SSSR count). The van der Waals surface area contributed by atoms with Crippen LogP contribution in [0.2, 0.25) is 13.1 Å². The summed E-state index contributed by atoms with van der Waals surface area (Å²) in [6, 6.07) is 33.6. The molecule has 4 aromatic carbocycles. The van der Waals surface area contributed by atoms with E-state index in [0.29, 0.717) is 0 Å². The summed E-state index contributed by atoms with van der Waals surface area (Å²) in [7, 11) is -1.17. The minimum absolute atomic E-state index is 0. The van der Waals surface area contributed by atoms with Gasteiger partial charge in [0.2, 0.25) is 0 Å². The summed E-state index contributed by atoms with van der Waals surface area (Å²) in [6.45, 7) is 9.52. The number of hydrogen-bond acceptors (Lipinski definition) is 0. The number of fused-ring (bicyclic) bond motifs is 1. The van der Waals surface area contributed by atoms with Crippen LogP contribution in [-0.2, 0) is 26.2 Å². The van der Waals surface area contributed by atoms with Crippen molar-refractivity contribution in [1.29, 1.82) is 0 Å². The van der Waals surface area contributed by atoms with Gasteiger partial charge in [-0.1, -0.05) is 98.9 Å². The first kappa shape index (κ1) is 33.9. The Morgan fingerprint density at radius 1 is 0.791 bits per heavy atom. The van der Waals surface area contributed by atoms with E-state index in [1.807, 2.05) is 0 Å². The Hall–Kier alpha value is -2.03. The Kier molecular flexibility index (Phi) is 10.7. The third kappa shape index (κ3) is 5.88. The van der Waals surface area contributed by atoms with Gasteiger partial charge in [-0.25, -0.2) is 0 Å². The molecule has 1 unspecified atom stereocenters. The molecule has 3 heterocycles. The van der Waals surface area contributed by atoms with Crippen LogP contribution in [0.5, 0.6) is 0 Å². The van der Waals surface area contributed by atoms with Crippen LogP contribution < -0.4 is 24.8 Å². The molecule has 43 heavy (non-hydrogen) atoms. The zero-order chi connectivity index (χ0) is 27.4. The van der Waals surface area contributed by atoms with Crippen molar-refractivity contribution < 1.29 is 51.0 Å². The van der Waals surface area contributed by atoms with E-state index >= 15 is 0 Å². The standard InChI is InChI=1S/C22H23.C16H17NSi.2ClH.Zr/c1-16-14-20-8-5-9-21(22(20)15-16)19-12-10-18(11-13-19)17-6-3-2-4-7-17;1-11-15-13-9-10-17(12-7-5-4-6-8-12)14(13)16(11)18(15,2)3;;;/h5,8-15,17H,2-4,6-7H2,1H3;4-10,15H,1-3H3;2*1H;/q-1;;;;+3/p-2. The Balaban J connectivity index is 0.000000187. The number of rotatable bonds is 3. The van der Waals surface area contributed by atoms with Crippen molar-refractivity contribution in [1.82, 2.24) is 4.57 Å². The zero-order valence-corrected chi connectivity index (χ0v) is 30.6.